The van der Waals surface area contributed by atoms with Crippen LogP contribution in [0.3, 0.4) is 0 Å². The van der Waals surface area contributed by atoms with Gasteiger partial charge in [0, 0.05) is 11.4 Å². The van der Waals surface area contributed by atoms with Gasteiger partial charge in [-0.15, -0.1) is 0 Å². The fraction of sp³-hybridized carbons (Fsp3) is 0.333. The average molecular weight is 328 g/mol. The number of rotatable bonds is 4. The van der Waals surface area contributed by atoms with Gasteiger partial charge in [-0.25, -0.2) is 0 Å². The van der Waals surface area contributed by atoms with Crippen LogP contribution in [0.1, 0.15) is 23.3 Å². The van der Waals surface area contributed by atoms with Gasteiger partial charge in [-0.05, 0) is 17.7 Å². The van der Waals surface area contributed by atoms with E-state index in [1.54, 1.807) is 33.3 Å². The number of nitrogens with zero attached hydrogens (tertiary/aromatic N) is 2. The van der Waals surface area contributed by atoms with E-state index in [1.165, 1.54) is 0 Å². The minimum Gasteiger partial charge on any atom is -0.493 e. The van der Waals surface area contributed by atoms with Crippen molar-refractivity contribution in [3.05, 3.63) is 33.9 Å². The summed E-state index contributed by atoms with van der Waals surface area (Å²) in [5.74, 6) is 2.11. The van der Waals surface area contributed by atoms with E-state index in [4.69, 9.17) is 19.7 Å². The van der Waals surface area contributed by atoms with E-state index in [0.717, 1.165) is 10.0 Å². The quantitative estimate of drug-likeness (QED) is 0.926. The van der Waals surface area contributed by atoms with Crippen molar-refractivity contribution in [1.29, 1.82) is 0 Å². The second-order valence-electron chi connectivity index (χ2n) is 3.88. The average Bonchev–Trinajstić information content (AvgIpc) is 2.84. The monoisotopic (exact) mass is 327 g/mol. The number of hydrogen-bond donors (Lipinski definition) is 1. The molecule has 6 nitrogen and oxygen atoms in total. The molecule has 0 saturated carbocycles. The van der Waals surface area contributed by atoms with Crippen LogP contribution in [0.4, 0.5) is 0 Å². The van der Waals surface area contributed by atoms with Crippen molar-refractivity contribution in [3.8, 4) is 11.5 Å². The summed E-state index contributed by atoms with van der Waals surface area (Å²) < 4.78 is 16.2. The Hall–Kier alpha value is -1.60. The maximum Gasteiger partial charge on any atom is 0.223 e. The third-order valence-electron chi connectivity index (χ3n) is 2.66. The molecule has 2 aromatic rings. The lowest BCUT2D eigenvalue weighted by atomic mass is 10.1. The molecule has 1 aromatic carbocycles. The summed E-state index contributed by atoms with van der Waals surface area (Å²) in [7, 11) is 3.14. The first-order chi connectivity index (χ1) is 9.06. The number of halogens is 1. The van der Waals surface area contributed by atoms with E-state index in [9.17, 15) is 0 Å². The number of aryl methyl sites for hydroxylation is 1. The molecule has 2 rings (SSSR count). The van der Waals surface area contributed by atoms with Crippen LogP contribution in [0.5, 0.6) is 11.5 Å². The molecule has 0 bridgehead atoms. The van der Waals surface area contributed by atoms with E-state index in [2.05, 4.69) is 26.1 Å². The Balaban J connectivity index is 2.44. The Morgan fingerprint density at radius 3 is 2.42 bits per heavy atom. The van der Waals surface area contributed by atoms with Gasteiger partial charge >= 0.3 is 0 Å². The molecule has 102 valence electrons. The van der Waals surface area contributed by atoms with Crippen molar-refractivity contribution in [1.82, 2.24) is 10.1 Å². The molecule has 0 aliphatic carbocycles. The standard InChI is InChI=1S/C12H14BrN3O3/c1-6-15-12(16-19-6)11(14)7-4-9(17-2)10(18-3)5-8(7)13/h4-5,11H,14H2,1-3H3. The second-order valence-corrected chi connectivity index (χ2v) is 4.73. The van der Waals surface area contributed by atoms with Crippen LogP contribution in [0.2, 0.25) is 0 Å². The van der Waals surface area contributed by atoms with Crippen LogP contribution >= 0.6 is 15.9 Å². The number of ether oxygens (including phenoxy) is 2. The van der Waals surface area contributed by atoms with Crippen LogP contribution in [-0.4, -0.2) is 24.4 Å². The number of aromatic nitrogens is 2. The first-order valence-electron chi connectivity index (χ1n) is 5.54. The van der Waals surface area contributed by atoms with Gasteiger partial charge in [-0.3, -0.25) is 0 Å². The van der Waals surface area contributed by atoms with Gasteiger partial charge in [0.25, 0.3) is 0 Å². The van der Waals surface area contributed by atoms with Gasteiger partial charge < -0.3 is 19.7 Å². The van der Waals surface area contributed by atoms with Gasteiger partial charge in [0.2, 0.25) is 5.89 Å². The molecule has 2 N–H and O–H groups in total. The zero-order valence-electron chi connectivity index (χ0n) is 10.8. The normalized spacial score (nSPS) is 12.3. The molecular formula is C12H14BrN3O3. The number of hydrogen-bond acceptors (Lipinski definition) is 6. The highest BCUT2D eigenvalue weighted by atomic mass is 79.9. The van der Waals surface area contributed by atoms with Crippen LogP contribution in [0.25, 0.3) is 0 Å². The Kier molecular flexibility index (Phi) is 4.06. The SMILES string of the molecule is COc1cc(Br)c(C(N)c2noc(C)n2)cc1OC. The molecule has 0 fully saturated rings. The van der Waals surface area contributed by atoms with Gasteiger partial charge in [0.05, 0.1) is 20.3 Å². The lowest BCUT2D eigenvalue weighted by molar-refractivity contribution is 0.354. The molecule has 7 heteroatoms. The molecule has 1 aromatic heterocycles. The van der Waals surface area contributed by atoms with Crippen LogP contribution in [-0.2, 0) is 0 Å². The minimum atomic E-state index is -0.508. The molecule has 0 amide bonds. The summed E-state index contributed by atoms with van der Waals surface area (Å²) in [6.45, 7) is 1.72. The lowest BCUT2D eigenvalue weighted by Crippen LogP contribution is -2.14. The molecule has 0 radical (unpaired) electrons. The van der Waals surface area contributed by atoms with Crippen LogP contribution in [0, 0.1) is 6.92 Å². The molecule has 0 aliphatic heterocycles. The van der Waals surface area contributed by atoms with E-state index < -0.39 is 6.04 Å². The lowest BCUT2D eigenvalue weighted by Gasteiger charge is -2.14. The highest BCUT2D eigenvalue weighted by Gasteiger charge is 2.20. The molecular weight excluding hydrogens is 314 g/mol. The molecule has 0 aliphatic rings. The summed E-state index contributed by atoms with van der Waals surface area (Å²) in [6, 6.07) is 3.08. The Bertz CT molecular complexity index is 586. The topological polar surface area (TPSA) is 83.4 Å². The molecule has 19 heavy (non-hydrogen) atoms. The van der Waals surface area contributed by atoms with Crippen LogP contribution in [0.15, 0.2) is 21.1 Å². The maximum atomic E-state index is 6.13. The van der Waals surface area contributed by atoms with Crippen molar-refractivity contribution < 1.29 is 14.0 Å². The molecule has 1 atom stereocenters. The van der Waals surface area contributed by atoms with Gasteiger partial charge in [0.1, 0.15) is 0 Å². The van der Waals surface area contributed by atoms with Gasteiger partial charge in [-0.1, -0.05) is 21.1 Å². The summed E-state index contributed by atoms with van der Waals surface area (Å²) in [5.41, 5.74) is 6.92. The Morgan fingerprint density at radius 1 is 1.26 bits per heavy atom. The molecule has 0 spiro atoms. The van der Waals surface area contributed by atoms with Crippen molar-refractivity contribution in [2.75, 3.05) is 14.2 Å². The number of benzene rings is 1. The Morgan fingerprint density at radius 2 is 1.89 bits per heavy atom. The second kappa shape index (κ2) is 5.58. The van der Waals surface area contributed by atoms with E-state index in [0.29, 0.717) is 23.2 Å². The molecule has 1 heterocycles. The van der Waals surface area contributed by atoms with E-state index in [1.807, 2.05) is 0 Å². The van der Waals surface area contributed by atoms with Crippen molar-refractivity contribution >= 4 is 15.9 Å². The fourth-order valence-electron chi connectivity index (χ4n) is 1.69. The van der Waals surface area contributed by atoms with Crippen molar-refractivity contribution in [2.45, 2.75) is 13.0 Å². The Labute approximate surface area is 119 Å². The van der Waals surface area contributed by atoms with E-state index >= 15 is 0 Å². The summed E-state index contributed by atoms with van der Waals surface area (Å²) >= 11 is 3.45. The highest BCUT2D eigenvalue weighted by Crippen LogP contribution is 2.36. The third-order valence-corrected chi connectivity index (χ3v) is 3.35. The third kappa shape index (κ3) is 2.71. The first kappa shape index (κ1) is 13.8. The molecule has 1 unspecified atom stereocenters. The van der Waals surface area contributed by atoms with Crippen LogP contribution < -0.4 is 15.2 Å². The number of nitrogens with two attached hydrogens (primary N) is 1. The van der Waals surface area contributed by atoms with Gasteiger partial charge in [0.15, 0.2) is 17.3 Å². The number of methoxy groups -OCH3 is 2. The van der Waals surface area contributed by atoms with Gasteiger partial charge in [-0.2, -0.15) is 4.98 Å². The summed E-state index contributed by atoms with van der Waals surface area (Å²) in [6.07, 6.45) is 0. The summed E-state index contributed by atoms with van der Waals surface area (Å²) in [5, 5.41) is 3.83. The first-order valence-corrected chi connectivity index (χ1v) is 6.33. The zero-order valence-corrected chi connectivity index (χ0v) is 12.4. The van der Waals surface area contributed by atoms with Crippen molar-refractivity contribution in [2.24, 2.45) is 5.73 Å². The fourth-order valence-corrected chi connectivity index (χ4v) is 2.26. The highest BCUT2D eigenvalue weighted by molar-refractivity contribution is 9.10. The summed E-state index contributed by atoms with van der Waals surface area (Å²) in [4.78, 5) is 4.13. The smallest absolute Gasteiger partial charge is 0.223 e. The zero-order chi connectivity index (χ0) is 14.0. The maximum absolute atomic E-state index is 6.13. The predicted molar refractivity (Wildman–Crippen MR) is 72.3 cm³/mol. The van der Waals surface area contributed by atoms with E-state index in [-0.39, 0.29) is 0 Å². The molecule has 0 saturated heterocycles. The predicted octanol–water partition coefficient (Wildman–Crippen LogP) is 2.21. The minimum absolute atomic E-state index is 0.422. The largest absolute Gasteiger partial charge is 0.493 e. The van der Waals surface area contributed by atoms with Crippen molar-refractivity contribution in [3.63, 3.8) is 0 Å².